The molecular weight excluding hydrogens is 288 g/mol. The maximum atomic E-state index is 11.8. The molecule has 0 bridgehead atoms. The van der Waals surface area contributed by atoms with Gasteiger partial charge in [0.25, 0.3) is 0 Å². The zero-order chi connectivity index (χ0) is 16.3. The summed E-state index contributed by atoms with van der Waals surface area (Å²) in [7, 11) is 0. The molecule has 8 heteroatoms. The number of nitrogens with two attached hydrogens (primary N) is 2. The van der Waals surface area contributed by atoms with Gasteiger partial charge in [-0.3, -0.25) is 9.59 Å². The van der Waals surface area contributed by atoms with Crippen molar-refractivity contribution in [2.45, 2.75) is 19.0 Å². The molecule has 8 nitrogen and oxygen atoms in total. The van der Waals surface area contributed by atoms with E-state index in [1.54, 1.807) is 13.0 Å². The summed E-state index contributed by atoms with van der Waals surface area (Å²) in [6.07, 6.45) is 0. The number of fused-ring (bicyclic) bond motifs is 1. The number of urea groups is 1. The average Bonchev–Trinajstić information content (AvgIpc) is 2.88. The van der Waals surface area contributed by atoms with Crippen molar-refractivity contribution < 1.29 is 18.8 Å². The van der Waals surface area contributed by atoms with Crippen LogP contribution in [0.4, 0.5) is 4.79 Å². The Labute approximate surface area is 125 Å². The van der Waals surface area contributed by atoms with Crippen LogP contribution in [-0.2, 0) is 9.59 Å². The zero-order valence-corrected chi connectivity index (χ0v) is 11.8. The largest absolute Gasteiger partial charge is 0.459 e. The number of nitrogens with one attached hydrogen (secondary N) is 2. The van der Waals surface area contributed by atoms with Crippen molar-refractivity contribution in [3.8, 4) is 0 Å². The van der Waals surface area contributed by atoms with Crippen LogP contribution >= 0.6 is 0 Å². The van der Waals surface area contributed by atoms with Gasteiger partial charge >= 0.3 is 6.03 Å². The van der Waals surface area contributed by atoms with Crippen LogP contribution in [0.2, 0.25) is 0 Å². The molecular formula is C14H16N4O4. The van der Waals surface area contributed by atoms with Crippen molar-refractivity contribution in [2.75, 3.05) is 0 Å². The van der Waals surface area contributed by atoms with Crippen LogP contribution in [0.25, 0.3) is 11.0 Å². The lowest BCUT2D eigenvalue weighted by Crippen LogP contribution is -2.55. The van der Waals surface area contributed by atoms with E-state index in [9.17, 15) is 14.4 Å². The van der Waals surface area contributed by atoms with E-state index in [1.807, 2.05) is 24.3 Å². The van der Waals surface area contributed by atoms with E-state index in [4.69, 9.17) is 15.9 Å². The maximum Gasteiger partial charge on any atom is 0.316 e. The highest BCUT2D eigenvalue weighted by molar-refractivity contribution is 6.05. The molecule has 2 rings (SSSR count). The number of benzene rings is 1. The number of primary amides is 2. The summed E-state index contributed by atoms with van der Waals surface area (Å²) in [5, 5.41) is 5.55. The topological polar surface area (TPSA) is 140 Å². The van der Waals surface area contributed by atoms with Gasteiger partial charge in [-0.2, -0.15) is 0 Å². The van der Waals surface area contributed by atoms with Crippen molar-refractivity contribution in [1.29, 1.82) is 0 Å². The van der Waals surface area contributed by atoms with Crippen LogP contribution < -0.4 is 22.1 Å². The standard InChI is InChI=1S/C14H16N4O4/c1-7(10-6-8-4-2-3-5-9(8)22-10)17-14(21)18-11(12(15)19)13(16)20/h2-7,11H,1H3,(H2,15,19)(H2,16,20)(H2,17,18,21)/t7-/m1/s1. The fourth-order valence-corrected chi connectivity index (χ4v) is 1.94. The summed E-state index contributed by atoms with van der Waals surface area (Å²) in [4.78, 5) is 33.8. The van der Waals surface area contributed by atoms with Gasteiger partial charge in [0.2, 0.25) is 11.8 Å². The molecule has 0 fully saturated rings. The number of rotatable bonds is 5. The molecule has 0 saturated heterocycles. The van der Waals surface area contributed by atoms with Gasteiger partial charge < -0.3 is 26.5 Å². The van der Waals surface area contributed by atoms with Crippen LogP contribution in [0.1, 0.15) is 18.7 Å². The predicted octanol–water partition coefficient (Wildman–Crippen LogP) is 0.132. The summed E-state index contributed by atoms with van der Waals surface area (Å²) in [6.45, 7) is 1.70. The second-order valence-corrected chi connectivity index (χ2v) is 4.76. The molecule has 1 atom stereocenters. The number of amides is 4. The fraction of sp³-hybridized carbons (Fsp3) is 0.214. The Morgan fingerprint density at radius 1 is 1.09 bits per heavy atom. The van der Waals surface area contributed by atoms with Crippen LogP contribution in [-0.4, -0.2) is 23.9 Å². The molecule has 0 aliphatic heterocycles. The highest BCUT2D eigenvalue weighted by Crippen LogP contribution is 2.23. The third-order valence-corrected chi connectivity index (χ3v) is 3.06. The zero-order valence-electron chi connectivity index (χ0n) is 11.8. The first-order valence-electron chi connectivity index (χ1n) is 6.52. The van der Waals surface area contributed by atoms with Crippen molar-refractivity contribution in [1.82, 2.24) is 10.6 Å². The van der Waals surface area contributed by atoms with Crippen LogP contribution in [0, 0.1) is 0 Å². The number of carbonyl (C=O) groups is 3. The minimum Gasteiger partial charge on any atom is -0.459 e. The lowest BCUT2D eigenvalue weighted by molar-refractivity contribution is -0.128. The highest BCUT2D eigenvalue weighted by Gasteiger charge is 2.24. The highest BCUT2D eigenvalue weighted by atomic mass is 16.3. The molecule has 0 aliphatic rings. The van der Waals surface area contributed by atoms with Gasteiger partial charge in [0, 0.05) is 5.39 Å². The Hall–Kier alpha value is -3.03. The van der Waals surface area contributed by atoms with Crippen molar-refractivity contribution in [2.24, 2.45) is 11.5 Å². The first-order chi connectivity index (χ1) is 10.4. The molecule has 0 radical (unpaired) electrons. The Bertz CT molecular complexity index is 677. The SMILES string of the molecule is C[C@@H](NC(=O)NC(C(N)=O)C(N)=O)c1cc2ccccc2o1. The molecule has 0 aliphatic carbocycles. The second kappa shape index (κ2) is 6.17. The van der Waals surface area contributed by atoms with E-state index >= 15 is 0 Å². The molecule has 1 heterocycles. The van der Waals surface area contributed by atoms with E-state index in [0.29, 0.717) is 11.3 Å². The molecule has 0 saturated carbocycles. The van der Waals surface area contributed by atoms with Gasteiger partial charge in [0.1, 0.15) is 11.3 Å². The van der Waals surface area contributed by atoms with Gasteiger partial charge in [-0.15, -0.1) is 0 Å². The lowest BCUT2D eigenvalue weighted by atomic mass is 10.2. The minimum atomic E-state index is -1.57. The molecule has 0 unspecified atom stereocenters. The van der Waals surface area contributed by atoms with Crippen LogP contribution in [0.3, 0.4) is 0 Å². The maximum absolute atomic E-state index is 11.8. The summed E-state index contributed by atoms with van der Waals surface area (Å²) < 4.78 is 5.60. The Balaban J connectivity index is 2.04. The monoisotopic (exact) mass is 304 g/mol. The van der Waals surface area contributed by atoms with Crippen LogP contribution in [0.15, 0.2) is 34.7 Å². The molecule has 1 aromatic carbocycles. The fourth-order valence-electron chi connectivity index (χ4n) is 1.94. The van der Waals surface area contributed by atoms with E-state index in [1.165, 1.54) is 0 Å². The first-order valence-corrected chi connectivity index (χ1v) is 6.52. The van der Waals surface area contributed by atoms with Gasteiger partial charge in [0.15, 0.2) is 6.04 Å². The third-order valence-electron chi connectivity index (χ3n) is 3.06. The predicted molar refractivity (Wildman–Crippen MR) is 78.5 cm³/mol. The Kier molecular flexibility index (Phi) is 4.31. The number of furan rings is 1. The summed E-state index contributed by atoms with van der Waals surface area (Å²) in [6, 6.07) is 6.39. The normalized spacial score (nSPS) is 12.1. The van der Waals surface area contributed by atoms with E-state index in [0.717, 1.165) is 5.39 Å². The summed E-state index contributed by atoms with van der Waals surface area (Å²) in [5.74, 6) is -1.52. The molecule has 4 amide bonds. The molecule has 116 valence electrons. The molecule has 22 heavy (non-hydrogen) atoms. The van der Waals surface area contributed by atoms with Gasteiger partial charge in [-0.25, -0.2) is 4.79 Å². The molecule has 0 spiro atoms. The lowest BCUT2D eigenvalue weighted by Gasteiger charge is -2.15. The van der Waals surface area contributed by atoms with Crippen molar-refractivity contribution >= 4 is 28.8 Å². The van der Waals surface area contributed by atoms with Crippen molar-refractivity contribution in [3.63, 3.8) is 0 Å². The Morgan fingerprint density at radius 2 is 1.73 bits per heavy atom. The van der Waals surface area contributed by atoms with Crippen LogP contribution in [0.5, 0.6) is 0 Å². The average molecular weight is 304 g/mol. The van der Waals surface area contributed by atoms with E-state index < -0.39 is 29.9 Å². The Morgan fingerprint density at radius 3 is 2.32 bits per heavy atom. The van der Waals surface area contributed by atoms with Gasteiger partial charge in [0.05, 0.1) is 6.04 Å². The molecule has 1 aromatic heterocycles. The number of hydrogen-bond donors (Lipinski definition) is 4. The smallest absolute Gasteiger partial charge is 0.316 e. The van der Waals surface area contributed by atoms with E-state index in [-0.39, 0.29) is 0 Å². The van der Waals surface area contributed by atoms with E-state index in [2.05, 4.69) is 10.6 Å². The summed E-state index contributed by atoms with van der Waals surface area (Å²) in [5.41, 5.74) is 10.6. The second-order valence-electron chi connectivity index (χ2n) is 4.76. The molecule has 6 N–H and O–H groups in total. The van der Waals surface area contributed by atoms with Crippen molar-refractivity contribution in [3.05, 3.63) is 36.1 Å². The number of carbonyl (C=O) groups excluding carboxylic acids is 3. The summed E-state index contributed by atoms with van der Waals surface area (Å²) >= 11 is 0. The number of para-hydroxylation sites is 1. The first kappa shape index (κ1) is 15.4. The molecule has 2 aromatic rings. The third kappa shape index (κ3) is 3.35. The van der Waals surface area contributed by atoms with Gasteiger partial charge in [-0.1, -0.05) is 18.2 Å². The quantitative estimate of drug-likeness (QED) is 0.583. The minimum absolute atomic E-state index is 0.478. The van der Waals surface area contributed by atoms with Gasteiger partial charge in [-0.05, 0) is 19.1 Å². The number of hydrogen-bond acceptors (Lipinski definition) is 4.